The summed E-state index contributed by atoms with van der Waals surface area (Å²) in [6, 6.07) is 8.95. The van der Waals surface area contributed by atoms with Crippen LogP contribution in [-0.4, -0.2) is 27.0 Å². The zero-order valence-electron chi connectivity index (χ0n) is 11.0. The zero-order valence-corrected chi connectivity index (χ0v) is 11.0. The molecule has 20 heavy (non-hydrogen) atoms. The van der Waals surface area contributed by atoms with Crippen LogP contribution in [-0.2, 0) is 9.59 Å². The minimum Gasteiger partial charge on any atom is -0.349 e. The maximum absolute atomic E-state index is 11.9. The van der Waals surface area contributed by atoms with Gasteiger partial charge in [0.25, 0.3) is 0 Å². The quantitative estimate of drug-likeness (QED) is 0.757. The number of carbonyl (C=O) groups excluding carboxylic acids is 2. The molecule has 0 radical (unpaired) electrons. The van der Waals surface area contributed by atoms with Gasteiger partial charge in [0.1, 0.15) is 6.33 Å². The molecule has 3 N–H and O–H groups in total. The number of hydrogen-bond acceptors (Lipinski definition) is 4. The van der Waals surface area contributed by atoms with Crippen molar-refractivity contribution < 1.29 is 9.59 Å². The average molecular weight is 273 g/mol. The first-order chi connectivity index (χ1) is 9.65. The van der Waals surface area contributed by atoms with Gasteiger partial charge < -0.3 is 5.32 Å². The molecular weight excluding hydrogens is 258 g/mol. The summed E-state index contributed by atoms with van der Waals surface area (Å²) in [5.74, 6) is -0.166. The highest BCUT2D eigenvalue weighted by molar-refractivity contribution is 5.89. The monoisotopic (exact) mass is 273 g/mol. The Hall–Kier alpha value is -2.70. The number of aromatic amines is 1. The maximum Gasteiger partial charge on any atom is 0.229 e. The van der Waals surface area contributed by atoms with Crippen LogP contribution in [0.15, 0.2) is 36.7 Å². The van der Waals surface area contributed by atoms with Gasteiger partial charge in [-0.15, -0.1) is 0 Å². The second-order valence-electron chi connectivity index (χ2n) is 4.25. The van der Waals surface area contributed by atoms with E-state index in [0.29, 0.717) is 0 Å². The molecule has 1 heterocycles. The smallest absolute Gasteiger partial charge is 0.229 e. The van der Waals surface area contributed by atoms with Gasteiger partial charge in [-0.25, -0.2) is 5.10 Å². The van der Waals surface area contributed by atoms with E-state index in [1.54, 1.807) is 0 Å². The number of aromatic nitrogens is 3. The number of carbonyl (C=O) groups is 2. The normalized spacial score (nSPS) is 11.7. The van der Waals surface area contributed by atoms with Crippen LogP contribution >= 0.6 is 0 Å². The number of benzene rings is 1. The van der Waals surface area contributed by atoms with Crippen LogP contribution in [0.2, 0.25) is 0 Å². The summed E-state index contributed by atoms with van der Waals surface area (Å²) >= 11 is 0. The summed E-state index contributed by atoms with van der Waals surface area (Å²) < 4.78 is 0. The molecule has 2 amide bonds. The van der Waals surface area contributed by atoms with Crippen molar-refractivity contribution in [1.82, 2.24) is 20.5 Å². The first-order valence-corrected chi connectivity index (χ1v) is 6.12. The minimum absolute atomic E-state index is 0.115. The first-order valence-electron chi connectivity index (χ1n) is 6.12. The van der Waals surface area contributed by atoms with E-state index in [4.69, 9.17) is 0 Å². The summed E-state index contributed by atoms with van der Waals surface area (Å²) in [5, 5.41) is 11.5. The van der Waals surface area contributed by atoms with Gasteiger partial charge in [-0.1, -0.05) is 30.3 Å². The van der Waals surface area contributed by atoms with E-state index in [0.717, 1.165) is 5.56 Å². The molecule has 0 aliphatic heterocycles. The Morgan fingerprint density at radius 3 is 2.65 bits per heavy atom. The number of rotatable bonds is 5. The molecule has 0 fully saturated rings. The van der Waals surface area contributed by atoms with Crippen LogP contribution < -0.4 is 10.6 Å². The molecule has 1 atom stereocenters. The lowest BCUT2D eigenvalue weighted by Crippen LogP contribution is -2.29. The summed E-state index contributed by atoms with van der Waals surface area (Å²) in [6.45, 7) is 1.42. The molecule has 2 rings (SSSR count). The highest BCUT2D eigenvalue weighted by Crippen LogP contribution is 2.17. The van der Waals surface area contributed by atoms with Crippen LogP contribution in [0.1, 0.15) is 24.9 Å². The second-order valence-corrected chi connectivity index (χ2v) is 4.25. The fourth-order valence-corrected chi connectivity index (χ4v) is 1.82. The molecule has 1 aromatic carbocycles. The van der Waals surface area contributed by atoms with Crippen LogP contribution in [0.25, 0.3) is 0 Å². The van der Waals surface area contributed by atoms with Crippen LogP contribution in [0.5, 0.6) is 0 Å². The van der Waals surface area contributed by atoms with E-state index < -0.39 is 0 Å². The molecule has 104 valence electrons. The number of nitrogens with one attached hydrogen (secondary N) is 3. The fourth-order valence-electron chi connectivity index (χ4n) is 1.82. The number of amides is 2. The predicted molar refractivity (Wildman–Crippen MR) is 72.6 cm³/mol. The molecule has 0 aliphatic rings. The number of H-pyrrole nitrogens is 1. The number of nitrogens with zero attached hydrogens (tertiary/aromatic N) is 2. The highest BCUT2D eigenvalue weighted by atomic mass is 16.2. The molecule has 0 unspecified atom stereocenters. The van der Waals surface area contributed by atoms with Gasteiger partial charge in [0.2, 0.25) is 17.8 Å². The summed E-state index contributed by atoms with van der Waals surface area (Å²) in [7, 11) is 0. The van der Waals surface area contributed by atoms with Crippen molar-refractivity contribution in [2.24, 2.45) is 0 Å². The van der Waals surface area contributed by atoms with Crippen molar-refractivity contribution in [2.45, 2.75) is 19.4 Å². The Morgan fingerprint density at radius 1 is 1.30 bits per heavy atom. The molecule has 1 aromatic heterocycles. The number of anilines is 1. The molecule has 0 aliphatic carbocycles. The van der Waals surface area contributed by atoms with Crippen molar-refractivity contribution in [3.05, 3.63) is 42.2 Å². The minimum atomic E-state index is -0.378. The largest absolute Gasteiger partial charge is 0.349 e. The van der Waals surface area contributed by atoms with E-state index in [1.165, 1.54) is 13.3 Å². The zero-order chi connectivity index (χ0) is 14.4. The Bertz CT molecular complexity index is 568. The van der Waals surface area contributed by atoms with Gasteiger partial charge in [0, 0.05) is 6.92 Å². The van der Waals surface area contributed by atoms with Crippen LogP contribution in [0.3, 0.4) is 0 Å². The average Bonchev–Trinajstić information content (AvgIpc) is 2.91. The standard InChI is InChI=1S/C13H15N5O2/c1-9(19)16-11(10-5-3-2-4-6-10)7-12(20)17-13-14-8-15-18-13/h2-6,8,11H,7H2,1H3,(H,16,19)(H2,14,15,17,18,20)/t11-/m0/s1. The third kappa shape index (κ3) is 3.91. The fraction of sp³-hybridized carbons (Fsp3) is 0.231. The van der Waals surface area contributed by atoms with Crippen LogP contribution in [0.4, 0.5) is 5.95 Å². The van der Waals surface area contributed by atoms with E-state index in [9.17, 15) is 9.59 Å². The first kappa shape index (κ1) is 13.7. The topological polar surface area (TPSA) is 99.8 Å². The van der Waals surface area contributed by atoms with Gasteiger partial charge in [-0.05, 0) is 5.56 Å². The van der Waals surface area contributed by atoms with Crippen molar-refractivity contribution in [2.75, 3.05) is 5.32 Å². The van der Waals surface area contributed by atoms with Gasteiger partial charge in [0.15, 0.2) is 0 Å². The lowest BCUT2D eigenvalue weighted by Gasteiger charge is -2.17. The maximum atomic E-state index is 11.9. The molecule has 0 saturated heterocycles. The predicted octanol–water partition coefficient (Wildman–Crippen LogP) is 1.01. The lowest BCUT2D eigenvalue weighted by atomic mass is 10.0. The van der Waals surface area contributed by atoms with E-state index in [2.05, 4.69) is 25.8 Å². The lowest BCUT2D eigenvalue weighted by molar-refractivity contribution is -0.120. The molecule has 0 saturated carbocycles. The molecule has 2 aromatic rings. The van der Waals surface area contributed by atoms with Gasteiger partial charge in [0.05, 0.1) is 12.5 Å². The van der Waals surface area contributed by atoms with Crippen molar-refractivity contribution in [3.63, 3.8) is 0 Å². The number of hydrogen-bond donors (Lipinski definition) is 3. The van der Waals surface area contributed by atoms with Gasteiger partial charge in [-0.2, -0.15) is 10.1 Å². The Labute approximate surface area is 115 Å². The van der Waals surface area contributed by atoms with Crippen molar-refractivity contribution in [3.8, 4) is 0 Å². The molecule has 7 nitrogen and oxygen atoms in total. The SMILES string of the molecule is CC(=O)N[C@@H](CC(=O)Nc1ncn[nH]1)c1ccccc1. The second kappa shape index (κ2) is 6.46. The Morgan fingerprint density at radius 2 is 2.05 bits per heavy atom. The molecule has 0 spiro atoms. The molecule has 7 heteroatoms. The Kier molecular flexibility index (Phi) is 4.43. The Balaban J connectivity index is 2.04. The summed E-state index contributed by atoms with van der Waals surface area (Å²) in [5.41, 5.74) is 0.871. The van der Waals surface area contributed by atoms with Crippen molar-refractivity contribution in [1.29, 1.82) is 0 Å². The van der Waals surface area contributed by atoms with E-state index >= 15 is 0 Å². The van der Waals surface area contributed by atoms with Gasteiger partial charge >= 0.3 is 0 Å². The third-order valence-corrected chi connectivity index (χ3v) is 2.64. The van der Waals surface area contributed by atoms with Gasteiger partial charge in [-0.3, -0.25) is 14.9 Å². The van der Waals surface area contributed by atoms with E-state index in [1.807, 2.05) is 30.3 Å². The molecular formula is C13H15N5O2. The summed E-state index contributed by atoms with van der Waals surface area (Å²) in [6.07, 6.45) is 1.42. The van der Waals surface area contributed by atoms with Crippen molar-refractivity contribution >= 4 is 17.8 Å². The third-order valence-electron chi connectivity index (χ3n) is 2.64. The molecule has 0 bridgehead atoms. The van der Waals surface area contributed by atoms with E-state index in [-0.39, 0.29) is 30.2 Å². The van der Waals surface area contributed by atoms with Crippen LogP contribution in [0, 0.1) is 0 Å². The highest BCUT2D eigenvalue weighted by Gasteiger charge is 2.17. The summed E-state index contributed by atoms with van der Waals surface area (Å²) in [4.78, 5) is 27.0.